The van der Waals surface area contributed by atoms with Crippen molar-refractivity contribution >= 4 is 11.9 Å². The third kappa shape index (κ3) is 3.80. The van der Waals surface area contributed by atoms with Gasteiger partial charge < -0.3 is 19.9 Å². The number of rotatable bonds is 7. The Labute approximate surface area is 163 Å². The van der Waals surface area contributed by atoms with E-state index >= 15 is 0 Å². The first-order valence-electron chi connectivity index (χ1n) is 9.00. The van der Waals surface area contributed by atoms with Crippen molar-refractivity contribution in [3.8, 4) is 11.5 Å². The Bertz CT molecular complexity index is 867. The smallest absolute Gasteiger partial charge is 0.325 e. The molecule has 3 rings (SSSR count). The van der Waals surface area contributed by atoms with Crippen LogP contribution >= 0.6 is 0 Å². The van der Waals surface area contributed by atoms with Crippen molar-refractivity contribution in [2.75, 3.05) is 20.3 Å². The molecular weight excluding hydrogens is 360 g/mol. The van der Waals surface area contributed by atoms with Crippen molar-refractivity contribution in [2.45, 2.75) is 25.5 Å². The van der Waals surface area contributed by atoms with Crippen LogP contribution in [0, 0.1) is 6.92 Å². The standard InChI is InChI=1S/C21H24N2O5/c1-14-6-4-5-7-18(14)28-13-16(24)12-23-19(25)21(2,22-20(23)26)15-8-10-17(27-3)11-9-15/h4-11,16,24H,12-13H2,1-3H3,(H,22,26)/t16-,21+/m0/s1. The maximum atomic E-state index is 12.9. The van der Waals surface area contributed by atoms with Gasteiger partial charge in [0, 0.05) is 0 Å². The van der Waals surface area contributed by atoms with Crippen LogP contribution in [0.25, 0.3) is 0 Å². The highest BCUT2D eigenvalue weighted by atomic mass is 16.5. The van der Waals surface area contributed by atoms with E-state index < -0.39 is 23.6 Å². The molecule has 1 fully saturated rings. The van der Waals surface area contributed by atoms with Crippen molar-refractivity contribution in [1.29, 1.82) is 0 Å². The number of aliphatic hydroxyl groups is 1. The Balaban J connectivity index is 1.66. The third-order valence-electron chi connectivity index (χ3n) is 4.86. The predicted octanol–water partition coefficient (Wildman–Crippen LogP) is 2.21. The topological polar surface area (TPSA) is 88.1 Å². The summed E-state index contributed by atoms with van der Waals surface area (Å²) in [6.45, 7) is 3.37. The van der Waals surface area contributed by atoms with Crippen molar-refractivity contribution < 1.29 is 24.2 Å². The quantitative estimate of drug-likeness (QED) is 0.715. The van der Waals surface area contributed by atoms with Gasteiger partial charge in [-0.05, 0) is 43.2 Å². The van der Waals surface area contributed by atoms with E-state index in [1.165, 1.54) is 0 Å². The normalized spacial score (nSPS) is 20.1. The Morgan fingerprint density at radius 1 is 1.14 bits per heavy atom. The van der Waals surface area contributed by atoms with Crippen LogP contribution in [0.15, 0.2) is 48.5 Å². The number of aryl methyl sites for hydroxylation is 1. The SMILES string of the molecule is COc1ccc([C@@]2(C)NC(=O)N(C[C@H](O)COc3ccccc3C)C2=O)cc1. The van der Waals surface area contributed by atoms with Crippen molar-refractivity contribution in [3.05, 3.63) is 59.7 Å². The lowest BCUT2D eigenvalue weighted by atomic mass is 9.92. The molecule has 1 saturated heterocycles. The first-order valence-corrected chi connectivity index (χ1v) is 9.00. The molecule has 0 bridgehead atoms. The van der Waals surface area contributed by atoms with Crippen molar-refractivity contribution in [1.82, 2.24) is 10.2 Å². The molecule has 0 unspecified atom stereocenters. The molecule has 0 aromatic heterocycles. The molecule has 2 N–H and O–H groups in total. The highest BCUT2D eigenvalue weighted by molar-refractivity contribution is 6.07. The number of benzene rings is 2. The summed E-state index contributed by atoms with van der Waals surface area (Å²) in [5.74, 6) is 0.893. The van der Waals surface area contributed by atoms with Gasteiger partial charge in [0.15, 0.2) is 0 Å². The number of β-amino-alcohol motifs (C(OH)–C–C–N with tert-alkyl or cyclic N) is 1. The summed E-state index contributed by atoms with van der Waals surface area (Å²) in [6.07, 6.45) is -1.01. The number of carbonyl (C=O) groups is 2. The fraction of sp³-hybridized carbons (Fsp3) is 0.333. The van der Waals surface area contributed by atoms with Crippen LogP contribution in [-0.2, 0) is 10.3 Å². The molecule has 28 heavy (non-hydrogen) atoms. The van der Waals surface area contributed by atoms with Crippen LogP contribution in [0.5, 0.6) is 11.5 Å². The van der Waals surface area contributed by atoms with Crippen LogP contribution in [-0.4, -0.2) is 48.3 Å². The van der Waals surface area contributed by atoms with Gasteiger partial charge in [0.05, 0.1) is 13.7 Å². The molecule has 1 aliphatic heterocycles. The average Bonchev–Trinajstić information content (AvgIpc) is 2.91. The van der Waals surface area contributed by atoms with E-state index in [1.807, 2.05) is 25.1 Å². The Hall–Kier alpha value is -3.06. The van der Waals surface area contributed by atoms with E-state index in [1.54, 1.807) is 44.4 Å². The van der Waals surface area contributed by atoms with Crippen molar-refractivity contribution in [2.24, 2.45) is 0 Å². The first-order chi connectivity index (χ1) is 13.3. The minimum Gasteiger partial charge on any atom is -0.497 e. The summed E-state index contributed by atoms with van der Waals surface area (Å²) in [7, 11) is 1.56. The maximum Gasteiger partial charge on any atom is 0.325 e. The number of methoxy groups -OCH3 is 1. The number of imide groups is 1. The molecule has 1 heterocycles. The molecule has 7 nitrogen and oxygen atoms in total. The number of nitrogens with one attached hydrogen (secondary N) is 1. The van der Waals surface area contributed by atoms with E-state index in [2.05, 4.69) is 5.32 Å². The Kier molecular flexibility index (Phi) is 5.56. The minimum absolute atomic E-state index is 0.0266. The first kappa shape index (κ1) is 19.7. The second kappa shape index (κ2) is 7.90. The molecular formula is C21H24N2O5. The summed E-state index contributed by atoms with van der Waals surface area (Å²) in [5.41, 5.74) is 0.386. The summed E-state index contributed by atoms with van der Waals surface area (Å²) in [5, 5.41) is 13.0. The molecule has 3 amide bonds. The fourth-order valence-electron chi connectivity index (χ4n) is 3.15. The maximum absolute atomic E-state index is 12.9. The fourth-order valence-corrected chi connectivity index (χ4v) is 3.15. The zero-order valence-electron chi connectivity index (χ0n) is 16.1. The number of para-hydroxylation sites is 1. The number of carbonyl (C=O) groups excluding carboxylic acids is 2. The van der Waals surface area contributed by atoms with Gasteiger partial charge in [-0.2, -0.15) is 0 Å². The van der Waals surface area contributed by atoms with Gasteiger partial charge in [-0.3, -0.25) is 9.69 Å². The third-order valence-corrected chi connectivity index (χ3v) is 4.86. The zero-order valence-corrected chi connectivity index (χ0v) is 16.1. The molecule has 0 radical (unpaired) electrons. The number of nitrogens with zero attached hydrogens (tertiary/aromatic N) is 1. The molecule has 2 aromatic carbocycles. The lowest BCUT2D eigenvalue weighted by Gasteiger charge is -2.23. The molecule has 0 spiro atoms. The van der Waals surface area contributed by atoms with Gasteiger partial charge in [0.2, 0.25) is 0 Å². The zero-order chi connectivity index (χ0) is 20.3. The number of amides is 3. The van der Waals surface area contributed by atoms with E-state index in [0.29, 0.717) is 17.1 Å². The van der Waals surface area contributed by atoms with Gasteiger partial charge in [0.25, 0.3) is 5.91 Å². The molecule has 2 aromatic rings. The number of urea groups is 1. The molecule has 7 heteroatoms. The lowest BCUT2D eigenvalue weighted by Crippen LogP contribution is -2.42. The van der Waals surface area contributed by atoms with Gasteiger partial charge in [-0.15, -0.1) is 0 Å². The van der Waals surface area contributed by atoms with Crippen LogP contribution in [0.3, 0.4) is 0 Å². The highest BCUT2D eigenvalue weighted by Crippen LogP contribution is 2.30. The van der Waals surface area contributed by atoms with Gasteiger partial charge in [-0.1, -0.05) is 30.3 Å². The molecule has 1 aliphatic rings. The summed E-state index contributed by atoms with van der Waals surface area (Å²) in [6, 6.07) is 13.8. The van der Waals surface area contributed by atoms with Gasteiger partial charge >= 0.3 is 6.03 Å². The second-order valence-corrected chi connectivity index (χ2v) is 6.93. The summed E-state index contributed by atoms with van der Waals surface area (Å²) >= 11 is 0. The summed E-state index contributed by atoms with van der Waals surface area (Å²) in [4.78, 5) is 26.3. The van der Waals surface area contributed by atoms with Crippen LogP contribution in [0.4, 0.5) is 4.79 Å². The lowest BCUT2D eigenvalue weighted by molar-refractivity contribution is -0.132. The minimum atomic E-state index is -1.19. The van der Waals surface area contributed by atoms with E-state index in [4.69, 9.17) is 9.47 Å². The van der Waals surface area contributed by atoms with Gasteiger partial charge in [-0.25, -0.2) is 4.79 Å². The average molecular weight is 384 g/mol. The van der Waals surface area contributed by atoms with E-state index in [0.717, 1.165) is 10.5 Å². The summed E-state index contributed by atoms with van der Waals surface area (Å²) < 4.78 is 10.7. The molecule has 148 valence electrons. The Morgan fingerprint density at radius 3 is 2.46 bits per heavy atom. The molecule has 0 aliphatic carbocycles. The number of ether oxygens (including phenoxy) is 2. The molecule has 2 atom stereocenters. The van der Waals surface area contributed by atoms with Gasteiger partial charge in [0.1, 0.15) is 29.7 Å². The monoisotopic (exact) mass is 384 g/mol. The number of aliphatic hydroxyl groups excluding tert-OH is 1. The highest BCUT2D eigenvalue weighted by Gasteiger charge is 2.49. The molecule has 0 saturated carbocycles. The van der Waals surface area contributed by atoms with Crippen LogP contribution < -0.4 is 14.8 Å². The predicted molar refractivity (Wildman–Crippen MR) is 103 cm³/mol. The number of hydrogen-bond donors (Lipinski definition) is 2. The van der Waals surface area contributed by atoms with E-state index in [-0.39, 0.29) is 13.2 Å². The van der Waals surface area contributed by atoms with Crippen LogP contribution in [0.2, 0.25) is 0 Å². The largest absolute Gasteiger partial charge is 0.497 e. The second-order valence-electron chi connectivity index (χ2n) is 6.93. The Morgan fingerprint density at radius 2 is 1.82 bits per heavy atom. The number of hydrogen-bond acceptors (Lipinski definition) is 5. The van der Waals surface area contributed by atoms with Crippen LogP contribution in [0.1, 0.15) is 18.1 Å². The van der Waals surface area contributed by atoms with Crippen molar-refractivity contribution in [3.63, 3.8) is 0 Å². The van der Waals surface area contributed by atoms with E-state index in [9.17, 15) is 14.7 Å².